The van der Waals surface area contributed by atoms with Gasteiger partial charge in [0, 0.05) is 12.1 Å². The van der Waals surface area contributed by atoms with Crippen LogP contribution in [-0.2, 0) is 6.54 Å². The molecule has 2 rings (SSSR count). The van der Waals surface area contributed by atoms with E-state index < -0.39 is 0 Å². The number of hydrogen-bond acceptors (Lipinski definition) is 4. The van der Waals surface area contributed by atoms with Crippen molar-refractivity contribution in [1.29, 1.82) is 0 Å². The molecule has 104 valence electrons. The maximum absolute atomic E-state index is 6.25. The van der Waals surface area contributed by atoms with E-state index in [1.165, 1.54) is 0 Å². The van der Waals surface area contributed by atoms with Crippen molar-refractivity contribution in [3.05, 3.63) is 39.6 Å². The molecule has 0 radical (unpaired) electrons. The molecule has 1 unspecified atom stereocenters. The monoisotopic (exact) mass is 282 g/mol. The summed E-state index contributed by atoms with van der Waals surface area (Å²) in [7, 11) is 0. The van der Waals surface area contributed by atoms with E-state index in [1.807, 2.05) is 32.4 Å². The second-order valence-corrected chi connectivity index (χ2v) is 4.95. The first-order valence-corrected chi connectivity index (χ1v) is 6.62. The van der Waals surface area contributed by atoms with Crippen molar-refractivity contribution in [3.63, 3.8) is 0 Å². The maximum Gasteiger partial charge on any atom is 0.106 e. The quantitative estimate of drug-likeness (QED) is 0.668. The van der Waals surface area contributed by atoms with E-state index in [0.717, 1.165) is 34.9 Å². The van der Waals surface area contributed by atoms with Gasteiger partial charge in [-0.2, -0.15) is 5.10 Å². The molecule has 0 aromatic carbocycles. The number of nitrogens with zero attached hydrogens (tertiary/aromatic N) is 2. The zero-order valence-corrected chi connectivity index (χ0v) is 12.4. The van der Waals surface area contributed by atoms with Gasteiger partial charge in [-0.25, -0.2) is 5.43 Å². The zero-order chi connectivity index (χ0) is 14.2. The summed E-state index contributed by atoms with van der Waals surface area (Å²) >= 11 is 6.25. The molecule has 3 N–H and O–H groups in total. The molecule has 0 spiro atoms. The molecule has 0 saturated carbocycles. The number of halogens is 1. The highest BCUT2D eigenvalue weighted by molar-refractivity contribution is 6.31. The number of nitrogens with one attached hydrogen (secondary N) is 1. The highest BCUT2D eigenvalue weighted by atomic mass is 35.5. The normalized spacial score (nSPS) is 12.9. The van der Waals surface area contributed by atoms with Crippen LogP contribution in [0.2, 0.25) is 5.02 Å². The zero-order valence-electron chi connectivity index (χ0n) is 11.6. The number of aryl methyl sites for hydroxylation is 3. The topological polar surface area (TPSA) is 69.0 Å². The maximum atomic E-state index is 6.25. The molecule has 2 aromatic heterocycles. The molecule has 5 nitrogen and oxygen atoms in total. The van der Waals surface area contributed by atoms with Crippen LogP contribution in [0.4, 0.5) is 0 Å². The predicted octanol–water partition coefficient (Wildman–Crippen LogP) is 2.63. The number of aromatic nitrogens is 2. The van der Waals surface area contributed by atoms with Gasteiger partial charge in [0.15, 0.2) is 0 Å². The van der Waals surface area contributed by atoms with Gasteiger partial charge < -0.3 is 4.42 Å². The van der Waals surface area contributed by atoms with Crippen LogP contribution in [0, 0.1) is 20.8 Å². The van der Waals surface area contributed by atoms with Gasteiger partial charge in [-0.15, -0.1) is 0 Å². The van der Waals surface area contributed by atoms with E-state index in [-0.39, 0.29) is 6.04 Å². The van der Waals surface area contributed by atoms with Crippen LogP contribution in [0.5, 0.6) is 0 Å². The van der Waals surface area contributed by atoms with Crippen molar-refractivity contribution in [1.82, 2.24) is 15.2 Å². The number of furan rings is 1. The van der Waals surface area contributed by atoms with Crippen LogP contribution < -0.4 is 11.3 Å². The van der Waals surface area contributed by atoms with Crippen molar-refractivity contribution in [3.8, 4) is 0 Å². The molecule has 2 aromatic rings. The van der Waals surface area contributed by atoms with Crippen LogP contribution in [0.15, 0.2) is 10.6 Å². The average Bonchev–Trinajstić information content (AvgIpc) is 2.86. The lowest BCUT2D eigenvalue weighted by Crippen LogP contribution is -2.31. The molecule has 0 aliphatic heterocycles. The fourth-order valence-electron chi connectivity index (χ4n) is 2.44. The Hall–Kier alpha value is -1.30. The molecule has 1 atom stereocenters. The molecule has 0 saturated heterocycles. The van der Waals surface area contributed by atoms with Crippen LogP contribution in [0.1, 0.15) is 41.3 Å². The Morgan fingerprint density at radius 2 is 2.11 bits per heavy atom. The molecule has 2 heterocycles. The van der Waals surface area contributed by atoms with Crippen molar-refractivity contribution in [2.75, 3.05) is 0 Å². The lowest BCUT2D eigenvalue weighted by Gasteiger charge is -2.18. The van der Waals surface area contributed by atoms with Crippen molar-refractivity contribution >= 4 is 11.6 Å². The first kappa shape index (κ1) is 14.1. The Kier molecular flexibility index (Phi) is 3.99. The van der Waals surface area contributed by atoms with Gasteiger partial charge in [-0.1, -0.05) is 11.6 Å². The molecule has 19 heavy (non-hydrogen) atoms. The highest BCUT2D eigenvalue weighted by Crippen LogP contribution is 2.34. The molecular weight excluding hydrogens is 264 g/mol. The average molecular weight is 283 g/mol. The fraction of sp³-hybridized carbons (Fsp3) is 0.462. The van der Waals surface area contributed by atoms with E-state index in [0.29, 0.717) is 5.02 Å². The first-order valence-electron chi connectivity index (χ1n) is 6.25. The van der Waals surface area contributed by atoms with E-state index in [9.17, 15) is 0 Å². The second kappa shape index (κ2) is 5.36. The minimum atomic E-state index is -0.229. The third kappa shape index (κ3) is 2.29. The van der Waals surface area contributed by atoms with Crippen molar-refractivity contribution < 1.29 is 4.42 Å². The SMILES string of the molecule is CCn1ncc(Cl)c1C(NN)c1c(C)oc(C)c1C. The molecule has 6 heteroatoms. The Morgan fingerprint density at radius 1 is 1.42 bits per heavy atom. The largest absolute Gasteiger partial charge is 0.466 e. The Balaban J connectivity index is 2.59. The van der Waals surface area contributed by atoms with Crippen LogP contribution in [0.3, 0.4) is 0 Å². The molecular formula is C13H19ClN4O. The molecule has 0 bridgehead atoms. The molecule has 0 amide bonds. The number of hydrazine groups is 1. The highest BCUT2D eigenvalue weighted by Gasteiger charge is 2.26. The van der Waals surface area contributed by atoms with E-state index >= 15 is 0 Å². The minimum Gasteiger partial charge on any atom is -0.466 e. The number of rotatable bonds is 4. The Morgan fingerprint density at radius 3 is 2.58 bits per heavy atom. The van der Waals surface area contributed by atoms with Gasteiger partial charge >= 0.3 is 0 Å². The van der Waals surface area contributed by atoms with Gasteiger partial charge in [-0.05, 0) is 33.3 Å². The lowest BCUT2D eigenvalue weighted by atomic mass is 10.00. The summed E-state index contributed by atoms with van der Waals surface area (Å²) < 4.78 is 7.51. The summed E-state index contributed by atoms with van der Waals surface area (Å²) in [6.07, 6.45) is 1.64. The first-order chi connectivity index (χ1) is 9.01. The van der Waals surface area contributed by atoms with Crippen molar-refractivity contribution in [2.24, 2.45) is 5.84 Å². The lowest BCUT2D eigenvalue weighted by molar-refractivity contribution is 0.488. The van der Waals surface area contributed by atoms with Gasteiger partial charge in [0.1, 0.15) is 11.5 Å². The standard InChI is InChI=1S/C13H19ClN4O/c1-5-18-13(10(14)6-16-18)12(17-15)11-7(2)8(3)19-9(11)4/h6,12,17H,5,15H2,1-4H3. The second-order valence-electron chi connectivity index (χ2n) is 4.55. The van der Waals surface area contributed by atoms with Crippen LogP contribution >= 0.6 is 11.6 Å². The van der Waals surface area contributed by atoms with Gasteiger partial charge in [0.05, 0.1) is 23.0 Å². The van der Waals surface area contributed by atoms with Crippen molar-refractivity contribution in [2.45, 2.75) is 40.3 Å². The Labute approximate surface area is 117 Å². The third-order valence-corrected chi connectivity index (χ3v) is 3.77. The molecule has 0 aliphatic rings. The minimum absolute atomic E-state index is 0.229. The summed E-state index contributed by atoms with van der Waals surface area (Å²) in [5.74, 6) is 7.48. The summed E-state index contributed by atoms with van der Waals surface area (Å²) in [5, 5.41) is 4.85. The van der Waals surface area contributed by atoms with E-state index in [1.54, 1.807) is 6.20 Å². The van der Waals surface area contributed by atoms with Gasteiger partial charge in [0.2, 0.25) is 0 Å². The van der Waals surface area contributed by atoms with Crippen LogP contribution in [0.25, 0.3) is 0 Å². The smallest absolute Gasteiger partial charge is 0.106 e. The Bertz CT molecular complexity index is 588. The molecule has 0 fully saturated rings. The van der Waals surface area contributed by atoms with Gasteiger partial charge in [-0.3, -0.25) is 10.5 Å². The fourth-order valence-corrected chi connectivity index (χ4v) is 2.69. The van der Waals surface area contributed by atoms with Crippen LogP contribution in [-0.4, -0.2) is 9.78 Å². The van der Waals surface area contributed by atoms with E-state index in [2.05, 4.69) is 10.5 Å². The summed E-state index contributed by atoms with van der Waals surface area (Å²) in [6, 6.07) is -0.229. The number of nitrogens with two attached hydrogens (primary N) is 1. The summed E-state index contributed by atoms with van der Waals surface area (Å²) in [6.45, 7) is 8.64. The molecule has 0 aliphatic carbocycles. The van der Waals surface area contributed by atoms with Gasteiger partial charge in [0.25, 0.3) is 0 Å². The number of hydrogen-bond donors (Lipinski definition) is 2. The summed E-state index contributed by atoms with van der Waals surface area (Å²) in [5.41, 5.74) is 5.79. The summed E-state index contributed by atoms with van der Waals surface area (Å²) in [4.78, 5) is 0. The third-order valence-electron chi connectivity index (χ3n) is 3.48. The van der Waals surface area contributed by atoms with E-state index in [4.69, 9.17) is 21.9 Å². The predicted molar refractivity (Wildman–Crippen MR) is 75.0 cm³/mol.